The molecular weight excluding hydrogens is 685 g/mol. The third-order valence-corrected chi connectivity index (χ3v) is 12.7. The van der Waals surface area contributed by atoms with Crippen LogP contribution in [0.1, 0.15) is 89.2 Å². The number of hydrogen-bond donors (Lipinski definition) is 0. The first-order chi connectivity index (χ1) is 21.2. The molecule has 0 heterocycles. The molecule has 0 aliphatic heterocycles. The molecule has 0 saturated heterocycles. The summed E-state index contributed by atoms with van der Waals surface area (Å²) in [5.41, 5.74) is 10.4. The van der Waals surface area contributed by atoms with Gasteiger partial charge in [0.2, 0.25) is 0 Å². The Kier molecular flexibility index (Phi) is 16.3. The molecule has 2 aliphatic rings. The van der Waals surface area contributed by atoms with Crippen molar-refractivity contribution < 1.29 is 22.9 Å². The fraction of sp³-hybridized carbons (Fsp3) is 0.487. The summed E-state index contributed by atoms with van der Waals surface area (Å²) in [5.74, 6) is 4.23. The van der Waals surface area contributed by atoms with Crippen molar-refractivity contribution in [1.82, 2.24) is 0 Å². The summed E-state index contributed by atoms with van der Waals surface area (Å²) in [6, 6.07) is 26.7. The van der Waals surface area contributed by atoms with Crippen LogP contribution in [0.4, 0.5) is 0 Å². The van der Waals surface area contributed by atoms with Gasteiger partial charge in [0.05, 0.1) is 6.10 Å². The summed E-state index contributed by atoms with van der Waals surface area (Å²) in [5, 5.41) is 1.66. The molecule has 240 valence electrons. The van der Waals surface area contributed by atoms with Crippen LogP contribution in [0.25, 0.3) is 11.1 Å². The van der Waals surface area contributed by atoms with Gasteiger partial charge in [-0.2, -0.15) is 30.3 Å². The number of rotatable bonds is 6. The molecule has 2 saturated carbocycles. The molecule has 5 rings (SSSR count). The second kappa shape index (κ2) is 19.3. The summed E-state index contributed by atoms with van der Waals surface area (Å²) in [6.45, 7) is 13.3. The fourth-order valence-electron chi connectivity index (χ4n) is 6.39. The summed E-state index contributed by atoms with van der Waals surface area (Å²) in [7, 11) is 3.14. The van der Waals surface area contributed by atoms with Crippen LogP contribution < -0.4 is 10.0 Å². The van der Waals surface area contributed by atoms with E-state index in [4.69, 9.17) is 4.74 Å². The molecule has 1 nitrogen and oxygen atoms in total. The molecule has 2 aliphatic carbocycles. The van der Waals surface area contributed by atoms with Crippen molar-refractivity contribution in [3.05, 3.63) is 83.9 Å². The SMILES string of the molecule is C[Si](C)(C)C#Cc1cc[c-]cc1.Cc1cccc(OC(C)C)c1-c1ccccc1P(C1CCCCC1)C1CCCCC1.[Cl][Pd+]. The Balaban J connectivity index is 0.000000317. The normalized spacial score (nSPS) is 15.8. The fourth-order valence-corrected chi connectivity index (χ4v) is 10.9. The first-order valence-corrected chi connectivity index (χ1v) is 23.5. The molecule has 0 spiro atoms. The monoisotopic (exact) mass is 736 g/mol. The predicted molar refractivity (Wildman–Crippen MR) is 194 cm³/mol. The van der Waals surface area contributed by atoms with Crippen LogP contribution in [0.2, 0.25) is 19.6 Å². The van der Waals surface area contributed by atoms with Gasteiger partial charge in [-0.25, -0.2) is 0 Å². The van der Waals surface area contributed by atoms with Crippen molar-refractivity contribution in [3.63, 3.8) is 0 Å². The van der Waals surface area contributed by atoms with Gasteiger partial charge in [-0.3, -0.25) is 0 Å². The minimum atomic E-state index is -1.21. The Morgan fingerprint density at radius 3 is 1.93 bits per heavy atom. The molecule has 3 aromatic rings. The van der Waals surface area contributed by atoms with Gasteiger partial charge < -0.3 is 4.74 Å². The molecule has 0 amide bonds. The summed E-state index contributed by atoms with van der Waals surface area (Å²) in [6.07, 6.45) is 14.6. The van der Waals surface area contributed by atoms with Crippen LogP contribution in [0.3, 0.4) is 0 Å². The Morgan fingerprint density at radius 1 is 0.818 bits per heavy atom. The van der Waals surface area contributed by atoms with Crippen LogP contribution >= 0.6 is 17.5 Å². The van der Waals surface area contributed by atoms with E-state index in [2.05, 4.69) is 128 Å². The van der Waals surface area contributed by atoms with Crippen LogP contribution in [-0.2, 0) is 18.2 Å². The number of benzene rings is 3. The van der Waals surface area contributed by atoms with Gasteiger partial charge in [-0.05, 0) is 80.3 Å². The minimum absolute atomic E-state index is 0.137. The molecule has 0 radical (unpaired) electrons. The number of hydrogen-bond acceptors (Lipinski definition) is 1. The molecule has 0 N–H and O–H groups in total. The van der Waals surface area contributed by atoms with Gasteiger partial charge in [-0.15, -0.1) is 11.5 Å². The average molecular weight is 738 g/mol. The molecule has 0 atom stereocenters. The van der Waals surface area contributed by atoms with E-state index >= 15 is 0 Å². The maximum absolute atomic E-state index is 6.31. The first kappa shape index (κ1) is 37.1. The van der Waals surface area contributed by atoms with E-state index in [1.54, 1.807) is 5.30 Å². The van der Waals surface area contributed by atoms with Crippen LogP contribution in [-0.4, -0.2) is 25.5 Å². The molecule has 3 aromatic carbocycles. The molecule has 44 heavy (non-hydrogen) atoms. The predicted octanol–water partition coefficient (Wildman–Crippen LogP) is 11.6. The summed E-state index contributed by atoms with van der Waals surface area (Å²) < 4.78 is 6.31. The van der Waals surface area contributed by atoms with Gasteiger partial charge in [0.15, 0.2) is 0 Å². The quantitative estimate of drug-likeness (QED) is 0.106. The zero-order valence-corrected chi connectivity index (χ0v) is 31.9. The van der Waals surface area contributed by atoms with Gasteiger partial charge in [0, 0.05) is 5.56 Å². The Labute approximate surface area is 286 Å². The zero-order valence-electron chi connectivity index (χ0n) is 27.7. The van der Waals surface area contributed by atoms with Crippen LogP contribution in [0.15, 0.2) is 66.7 Å². The van der Waals surface area contributed by atoms with Crippen molar-refractivity contribution in [2.45, 2.75) is 122 Å². The standard InChI is InChI=1S/C28H39OP.C11H13Si.ClH.Pd/c1-21(2)29-26-19-12-13-22(3)28(26)25-18-10-11-20-27(25)30(23-14-6-4-7-15-23)24-16-8-5-9-17-24;1-12(2,3)10-9-11-7-5-4-6-8-11;;/h10-13,18-21,23-24H,4-9,14-17H2,1-3H3;5-8H,1-3H3;1H;/q;-1;;+2/p-1. The van der Waals surface area contributed by atoms with Crippen molar-refractivity contribution >= 4 is 30.8 Å². The summed E-state index contributed by atoms with van der Waals surface area (Å²) >= 11 is 2.22. The molecule has 0 unspecified atom stereocenters. The molecular formula is C39H52ClOPPdSi. The maximum atomic E-state index is 6.31. The van der Waals surface area contributed by atoms with Crippen LogP contribution in [0.5, 0.6) is 5.75 Å². The van der Waals surface area contributed by atoms with Gasteiger partial charge in [0.25, 0.3) is 0 Å². The van der Waals surface area contributed by atoms with Gasteiger partial charge >= 0.3 is 27.7 Å². The molecule has 0 bridgehead atoms. The Morgan fingerprint density at radius 2 is 1.39 bits per heavy atom. The number of halogens is 1. The molecule has 2 fully saturated rings. The van der Waals surface area contributed by atoms with E-state index < -0.39 is 8.07 Å². The second-order valence-electron chi connectivity index (χ2n) is 13.4. The first-order valence-electron chi connectivity index (χ1n) is 16.5. The van der Waals surface area contributed by atoms with E-state index in [-0.39, 0.29) is 14.0 Å². The molecule has 0 aromatic heterocycles. The van der Waals surface area contributed by atoms with E-state index in [9.17, 15) is 0 Å². The summed E-state index contributed by atoms with van der Waals surface area (Å²) in [4.78, 5) is 0. The van der Waals surface area contributed by atoms with E-state index in [0.29, 0.717) is 0 Å². The number of ether oxygens (including phenoxy) is 1. The Hall–Kier alpha value is -1.38. The van der Waals surface area contributed by atoms with E-state index in [1.165, 1.54) is 80.9 Å². The van der Waals surface area contributed by atoms with Gasteiger partial charge in [-0.1, -0.05) is 108 Å². The van der Waals surface area contributed by atoms with Crippen molar-refractivity contribution in [3.8, 4) is 28.3 Å². The average Bonchev–Trinajstić information content (AvgIpc) is 3.03. The Bertz CT molecular complexity index is 1300. The van der Waals surface area contributed by atoms with Crippen molar-refractivity contribution in [2.24, 2.45) is 0 Å². The van der Waals surface area contributed by atoms with Crippen molar-refractivity contribution in [2.75, 3.05) is 0 Å². The number of aryl methyl sites for hydroxylation is 1. The topological polar surface area (TPSA) is 9.23 Å². The zero-order chi connectivity index (χ0) is 32.0. The van der Waals surface area contributed by atoms with Crippen LogP contribution in [0, 0.1) is 24.5 Å². The van der Waals surface area contributed by atoms with E-state index in [1.807, 2.05) is 24.3 Å². The van der Waals surface area contributed by atoms with Crippen molar-refractivity contribution in [1.29, 1.82) is 0 Å². The third kappa shape index (κ3) is 11.8. The molecule has 5 heteroatoms. The van der Waals surface area contributed by atoms with E-state index in [0.717, 1.165) is 22.6 Å². The third-order valence-electron chi connectivity index (χ3n) is 8.29. The van der Waals surface area contributed by atoms with Gasteiger partial charge in [0.1, 0.15) is 13.8 Å². The second-order valence-corrected chi connectivity index (χ2v) is 20.9.